The lowest BCUT2D eigenvalue weighted by Gasteiger charge is -1.98. The van der Waals surface area contributed by atoms with E-state index in [2.05, 4.69) is 12.6 Å². The zero-order chi connectivity index (χ0) is 10.4. The van der Waals surface area contributed by atoms with Crippen molar-refractivity contribution in [1.29, 1.82) is 0 Å². The van der Waals surface area contributed by atoms with Crippen molar-refractivity contribution >= 4 is 24.5 Å². The molecule has 1 rings (SSSR count). The van der Waals surface area contributed by atoms with E-state index in [1.807, 2.05) is 24.3 Å². The van der Waals surface area contributed by atoms with E-state index in [-0.39, 0.29) is 12.3 Å². The average Bonchev–Trinajstić information content (AvgIpc) is 2.26. The second-order valence-electron chi connectivity index (χ2n) is 2.83. The maximum Gasteiger partial charge on any atom is 0.176 e. The van der Waals surface area contributed by atoms with Crippen molar-refractivity contribution < 1.29 is 4.79 Å². The van der Waals surface area contributed by atoms with Crippen molar-refractivity contribution in [3.05, 3.63) is 41.5 Å². The maximum absolute atomic E-state index is 11.2. The molecule has 14 heavy (non-hydrogen) atoms. The number of carbonyl (C=O) groups is 1. The normalized spacial score (nSPS) is 10.7. The first-order chi connectivity index (χ1) is 6.77. The summed E-state index contributed by atoms with van der Waals surface area (Å²) in [6.07, 6.45) is 3.91. The van der Waals surface area contributed by atoms with Crippen LogP contribution in [-0.4, -0.2) is 18.1 Å². The summed E-state index contributed by atoms with van der Waals surface area (Å²) in [6.45, 7) is 0.0613. The van der Waals surface area contributed by atoms with Crippen LogP contribution in [0.3, 0.4) is 0 Å². The largest absolute Gasteiger partial charge is 0.324 e. The summed E-state index contributed by atoms with van der Waals surface area (Å²) in [5, 5.41) is 0. The topological polar surface area (TPSA) is 43.1 Å². The highest BCUT2D eigenvalue weighted by Crippen LogP contribution is 2.06. The first kappa shape index (κ1) is 11.0. The van der Waals surface area contributed by atoms with Gasteiger partial charge in [-0.1, -0.05) is 36.4 Å². The molecule has 0 bridgehead atoms. The van der Waals surface area contributed by atoms with Crippen molar-refractivity contribution in [2.24, 2.45) is 5.73 Å². The fraction of sp³-hybridized carbons (Fsp3) is 0.182. The Morgan fingerprint density at radius 3 is 2.50 bits per heavy atom. The molecule has 0 unspecified atom stereocenters. The lowest BCUT2D eigenvalue weighted by Crippen LogP contribution is -2.13. The molecule has 0 amide bonds. The number of nitrogens with two attached hydrogens (primary N) is 1. The fourth-order valence-corrected chi connectivity index (χ4v) is 1.19. The molecule has 0 aliphatic rings. The summed E-state index contributed by atoms with van der Waals surface area (Å²) in [4.78, 5) is 11.2. The minimum atomic E-state index is -0.0327. The van der Waals surface area contributed by atoms with Crippen molar-refractivity contribution in [2.75, 3.05) is 12.3 Å². The fourth-order valence-electron chi connectivity index (χ4n) is 1.09. The van der Waals surface area contributed by atoms with Crippen LogP contribution >= 0.6 is 12.6 Å². The Bertz CT molecular complexity index is 330. The second-order valence-corrected chi connectivity index (χ2v) is 3.20. The number of ketones is 1. The van der Waals surface area contributed by atoms with Crippen LogP contribution in [0.1, 0.15) is 15.9 Å². The van der Waals surface area contributed by atoms with Crippen LogP contribution in [0.4, 0.5) is 0 Å². The Morgan fingerprint density at radius 1 is 1.36 bits per heavy atom. The monoisotopic (exact) mass is 207 g/mol. The molecule has 0 saturated heterocycles. The van der Waals surface area contributed by atoms with Gasteiger partial charge in [0, 0.05) is 11.3 Å². The highest BCUT2D eigenvalue weighted by molar-refractivity contribution is 7.80. The molecular formula is C11H13NOS. The molecule has 1 aromatic carbocycles. The van der Waals surface area contributed by atoms with Gasteiger partial charge in [-0.25, -0.2) is 0 Å². The van der Waals surface area contributed by atoms with Crippen LogP contribution < -0.4 is 5.73 Å². The molecule has 0 aromatic heterocycles. The van der Waals surface area contributed by atoms with Crippen LogP contribution in [0.2, 0.25) is 0 Å². The zero-order valence-corrected chi connectivity index (χ0v) is 8.71. The van der Waals surface area contributed by atoms with E-state index >= 15 is 0 Å². The summed E-state index contributed by atoms with van der Waals surface area (Å²) in [7, 11) is 0. The quantitative estimate of drug-likeness (QED) is 0.583. The molecule has 0 saturated carbocycles. The lowest BCUT2D eigenvalue weighted by atomic mass is 10.1. The zero-order valence-electron chi connectivity index (χ0n) is 7.81. The van der Waals surface area contributed by atoms with Crippen LogP contribution in [0.25, 0.3) is 6.08 Å². The third-order valence-electron chi connectivity index (χ3n) is 1.83. The van der Waals surface area contributed by atoms with E-state index in [1.165, 1.54) is 0 Å². The number of hydrogen-bond donors (Lipinski definition) is 2. The van der Waals surface area contributed by atoms with Crippen LogP contribution in [0, 0.1) is 0 Å². The van der Waals surface area contributed by atoms with Crippen LogP contribution in [-0.2, 0) is 0 Å². The highest BCUT2D eigenvalue weighted by Gasteiger charge is 2.00. The predicted molar refractivity (Wildman–Crippen MR) is 62.7 cm³/mol. The van der Waals surface area contributed by atoms with Gasteiger partial charge in [0.25, 0.3) is 0 Å². The summed E-state index contributed by atoms with van der Waals surface area (Å²) in [6, 6.07) is 7.35. The Balaban J connectivity index is 2.78. The van der Waals surface area contributed by atoms with E-state index in [0.29, 0.717) is 11.3 Å². The Kier molecular flexibility index (Phi) is 4.43. The molecule has 2 N–H and O–H groups in total. The molecule has 0 radical (unpaired) electrons. The van der Waals surface area contributed by atoms with Crippen molar-refractivity contribution in [2.45, 2.75) is 0 Å². The summed E-state index contributed by atoms with van der Waals surface area (Å²) < 4.78 is 0. The van der Waals surface area contributed by atoms with Gasteiger partial charge in [-0.15, -0.1) is 0 Å². The van der Waals surface area contributed by atoms with Gasteiger partial charge >= 0.3 is 0 Å². The van der Waals surface area contributed by atoms with Crippen molar-refractivity contribution in [3.63, 3.8) is 0 Å². The molecule has 3 heteroatoms. The van der Waals surface area contributed by atoms with Gasteiger partial charge in [-0.2, -0.15) is 12.6 Å². The highest BCUT2D eigenvalue weighted by atomic mass is 32.1. The van der Waals surface area contributed by atoms with Gasteiger partial charge < -0.3 is 5.73 Å². The van der Waals surface area contributed by atoms with Gasteiger partial charge in [-0.3, -0.25) is 4.79 Å². The van der Waals surface area contributed by atoms with Crippen molar-refractivity contribution in [1.82, 2.24) is 0 Å². The Morgan fingerprint density at radius 2 is 2.00 bits per heavy atom. The minimum absolute atomic E-state index is 0.0327. The van der Waals surface area contributed by atoms with E-state index in [4.69, 9.17) is 5.73 Å². The molecule has 0 fully saturated rings. The van der Waals surface area contributed by atoms with E-state index < -0.39 is 0 Å². The average molecular weight is 207 g/mol. The number of carbonyl (C=O) groups excluding carboxylic acids is 1. The molecule has 0 atom stereocenters. The molecule has 0 heterocycles. The van der Waals surface area contributed by atoms with Crippen molar-refractivity contribution in [3.8, 4) is 0 Å². The van der Waals surface area contributed by atoms with E-state index in [0.717, 1.165) is 5.56 Å². The molecule has 74 valence electrons. The lowest BCUT2D eigenvalue weighted by molar-refractivity contribution is 0.100. The Labute approximate surface area is 89.2 Å². The number of thiol groups is 1. The number of benzene rings is 1. The smallest absolute Gasteiger partial charge is 0.176 e. The number of Topliss-reactive ketones (excluding diaryl/α,β-unsaturated/α-hetero) is 1. The SMILES string of the molecule is NCC(=O)c1ccc(C=CCS)cc1. The maximum atomic E-state index is 11.2. The van der Waals surface area contributed by atoms with Crippen LogP contribution in [0.5, 0.6) is 0 Å². The van der Waals surface area contributed by atoms with Gasteiger partial charge in [0.05, 0.1) is 6.54 Å². The number of rotatable bonds is 4. The first-order valence-corrected chi connectivity index (χ1v) is 5.02. The Hall–Kier alpha value is -1.06. The van der Waals surface area contributed by atoms with Gasteiger partial charge in [0.15, 0.2) is 5.78 Å². The predicted octanol–water partition coefficient (Wildman–Crippen LogP) is 1.77. The van der Waals surface area contributed by atoms with Gasteiger partial charge in [0.1, 0.15) is 0 Å². The second kappa shape index (κ2) is 5.62. The summed E-state index contributed by atoms with van der Waals surface area (Å²) >= 11 is 4.06. The third kappa shape index (κ3) is 3.01. The molecule has 1 aromatic rings. The first-order valence-electron chi connectivity index (χ1n) is 4.38. The van der Waals surface area contributed by atoms with Gasteiger partial charge in [0.2, 0.25) is 0 Å². The summed E-state index contributed by atoms with van der Waals surface area (Å²) in [5.41, 5.74) is 6.97. The molecule has 0 spiro atoms. The molecule has 0 aliphatic heterocycles. The molecular weight excluding hydrogens is 194 g/mol. The van der Waals surface area contributed by atoms with Crippen LogP contribution in [0.15, 0.2) is 30.3 Å². The van der Waals surface area contributed by atoms with E-state index in [9.17, 15) is 4.79 Å². The minimum Gasteiger partial charge on any atom is -0.324 e. The standard InChI is InChI=1S/C11H13NOS/c12-8-11(13)10-5-3-9(4-6-10)2-1-7-14/h1-6,14H,7-8,12H2. The number of hydrogen-bond acceptors (Lipinski definition) is 3. The van der Waals surface area contributed by atoms with E-state index in [1.54, 1.807) is 12.1 Å². The third-order valence-corrected chi connectivity index (χ3v) is 2.04. The molecule has 0 aliphatic carbocycles. The summed E-state index contributed by atoms with van der Waals surface area (Å²) in [5.74, 6) is 0.679. The molecule has 2 nitrogen and oxygen atoms in total. The van der Waals surface area contributed by atoms with Gasteiger partial charge in [-0.05, 0) is 5.56 Å².